The van der Waals surface area contributed by atoms with Gasteiger partial charge in [-0.1, -0.05) is 30.3 Å². The highest BCUT2D eigenvalue weighted by atomic mass is 19.4. The fraction of sp³-hybridized carbons (Fsp3) is 0.440. The van der Waals surface area contributed by atoms with E-state index >= 15 is 0 Å². The van der Waals surface area contributed by atoms with Crippen molar-refractivity contribution >= 4 is 11.9 Å². The van der Waals surface area contributed by atoms with E-state index < -0.39 is 41.4 Å². The molecule has 204 valence electrons. The van der Waals surface area contributed by atoms with Crippen molar-refractivity contribution < 1.29 is 53.0 Å². The summed E-state index contributed by atoms with van der Waals surface area (Å²) in [6.07, 6.45) is -5.94. The predicted molar refractivity (Wildman–Crippen MR) is 125 cm³/mol. The largest absolute Gasteiger partial charge is 0.493 e. The van der Waals surface area contributed by atoms with Gasteiger partial charge in [0.15, 0.2) is 12.2 Å². The highest BCUT2D eigenvalue weighted by Gasteiger charge is 2.35. The number of nitrogens with two attached hydrogens (primary N) is 1. The lowest BCUT2D eigenvalue weighted by Crippen LogP contribution is -2.40. The van der Waals surface area contributed by atoms with Crippen LogP contribution in [0.25, 0.3) is 0 Å². The summed E-state index contributed by atoms with van der Waals surface area (Å²) >= 11 is 0. The van der Waals surface area contributed by atoms with Gasteiger partial charge in [0.05, 0.1) is 18.8 Å². The van der Waals surface area contributed by atoms with E-state index in [0.717, 1.165) is 31.4 Å². The zero-order valence-electron chi connectivity index (χ0n) is 19.8. The van der Waals surface area contributed by atoms with E-state index in [9.17, 15) is 27.9 Å². The third kappa shape index (κ3) is 9.01. The summed E-state index contributed by atoms with van der Waals surface area (Å²) < 4.78 is 43.9. The zero-order valence-corrected chi connectivity index (χ0v) is 19.8. The summed E-state index contributed by atoms with van der Waals surface area (Å²) in [5.74, 6) is -2.52. The minimum Gasteiger partial charge on any atom is -0.493 e. The monoisotopic (exact) mass is 529 g/mol. The molecule has 0 unspecified atom stereocenters. The molecule has 0 saturated heterocycles. The van der Waals surface area contributed by atoms with E-state index in [1.807, 2.05) is 24.3 Å². The molecule has 9 nitrogen and oxygen atoms in total. The van der Waals surface area contributed by atoms with Crippen molar-refractivity contribution in [2.75, 3.05) is 13.2 Å². The van der Waals surface area contributed by atoms with Crippen molar-refractivity contribution in [2.45, 2.75) is 55.5 Å². The minimum atomic E-state index is -4.33. The number of hydrogen-bond acceptors (Lipinski definition) is 7. The van der Waals surface area contributed by atoms with Gasteiger partial charge in [0.25, 0.3) is 0 Å². The van der Waals surface area contributed by atoms with Gasteiger partial charge in [-0.15, -0.1) is 0 Å². The second kappa shape index (κ2) is 12.9. The Morgan fingerprint density at radius 1 is 1.05 bits per heavy atom. The Balaban J connectivity index is 0.000000410. The van der Waals surface area contributed by atoms with Crippen molar-refractivity contribution in [1.82, 2.24) is 0 Å². The second-order valence-electron chi connectivity index (χ2n) is 8.89. The van der Waals surface area contributed by atoms with Gasteiger partial charge in [0.1, 0.15) is 5.75 Å². The van der Waals surface area contributed by atoms with Crippen LogP contribution < -0.4 is 10.5 Å². The van der Waals surface area contributed by atoms with Crippen molar-refractivity contribution in [1.29, 1.82) is 0 Å². The third-order valence-electron chi connectivity index (χ3n) is 6.03. The maximum absolute atomic E-state index is 12.7. The van der Waals surface area contributed by atoms with Gasteiger partial charge < -0.3 is 36.0 Å². The molecule has 12 heteroatoms. The summed E-state index contributed by atoms with van der Waals surface area (Å²) in [7, 11) is 0. The van der Waals surface area contributed by atoms with Gasteiger partial charge in [-0.05, 0) is 54.5 Å². The van der Waals surface area contributed by atoms with Crippen LogP contribution in [0.1, 0.15) is 41.9 Å². The van der Waals surface area contributed by atoms with Crippen LogP contribution >= 0.6 is 0 Å². The van der Waals surface area contributed by atoms with Crippen molar-refractivity contribution in [3.8, 4) is 5.75 Å². The minimum absolute atomic E-state index is 0.000232. The van der Waals surface area contributed by atoms with E-state index in [-0.39, 0.29) is 6.61 Å². The Bertz CT molecular complexity index is 1030. The third-order valence-corrected chi connectivity index (χ3v) is 6.03. The normalized spacial score (nSPS) is 20.9. The molecule has 4 atom stereocenters. The maximum atomic E-state index is 12.7. The number of aliphatic hydroxyl groups is 3. The van der Waals surface area contributed by atoms with Crippen LogP contribution in [0.3, 0.4) is 0 Å². The first kappa shape index (κ1) is 30.0. The lowest BCUT2D eigenvalue weighted by Gasteiger charge is -2.21. The number of aliphatic carboxylic acids is 2. The van der Waals surface area contributed by atoms with Gasteiger partial charge >= 0.3 is 18.1 Å². The van der Waals surface area contributed by atoms with Crippen molar-refractivity contribution in [2.24, 2.45) is 5.73 Å². The zero-order chi connectivity index (χ0) is 27.8. The second-order valence-corrected chi connectivity index (χ2v) is 8.89. The lowest BCUT2D eigenvalue weighted by atomic mass is 9.94. The molecule has 0 spiro atoms. The molecule has 1 saturated carbocycles. The topological polar surface area (TPSA) is 171 Å². The molecule has 0 heterocycles. The van der Waals surface area contributed by atoms with Crippen LogP contribution in [0.15, 0.2) is 48.5 Å². The highest BCUT2D eigenvalue weighted by Crippen LogP contribution is 2.39. The number of carboxylic acids is 2. The smallest absolute Gasteiger partial charge is 0.416 e. The Labute approximate surface area is 210 Å². The van der Waals surface area contributed by atoms with Crippen LogP contribution in [0.2, 0.25) is 0 Å². The number of ether oxygens (including phenoxy) is 1. The van der Waals surface area contributed by atoms with Crippen molar-refractivity contribution in [3.05, 3.63) is 65.2 Å². The first-order valence-electron chi connectivity index (χ1n) is 11.4. The van der Waals surface area contributed by atoms with E-state index in [1.165, 1.54) is 11.6 Å². The molecule has 3 rings (SSSR count). The van der Waals surface area contributed by atoms with E-state index in [0.29, 0.717) is 30.3 Å². The molecule has 7 N–H and O–H groups in total. The van der Waals surface area contributed by atoms with Crippen LogP contribution in [0.5, 0.6) is 5.75 Å². The Morgan fingerprint density at radius 3 is 2.14 bits per heavy atom. The maximum Gasteiger partial charge on any atom is 0.416 e. The summed E-state index contributed by atoms with van der Waals surface area (Å²) in [6, 6.07) is 13.0. The molecule has 2 aromatic rings. The predicted octanol–water partition coefficient (Wildman–Crippen LogP) is 2.16. The first-order chi connectivity index (χ1) is 17.3. The van der Waals surface area contributed by atoms with Crippen LogP contribution in [-0.2, 0) is 22.2 Å². The fourth-order valence-electron chi connectivity index (χ4n) is 3.88. The number of aliphatic hydroxyl groups excluding tert-OH is 3. The molecule has 0 bridgehead atoms. The average Bonchev–Trinajstić information content (AvgIpc) is 3.26. The average molecular weight is 530 g/mol. The molecule has 0 aliphatic heterocycles. The van der Waals surface area contributed by atoms with Gasteiger partial charge in [0, 0.05) is 12.0 Å². The van der Waals surface area contributed by atoms with Crippen LogP contribution in [0.4, 0.5) is 13.2 Å². The Morgan fingerprint density at radius 2 is 1.65 bits per heavy atom. The van der Waals surface area contributed by atoms with Gasteiger partial charge in [-0.3, -0.25) is 0 Å². The summed E-state index contributed by atoms with van der Waals surface area (Å²) in [4.78, 5) is 19.5. The lowest BCUT2D eigenvalue weighted by molar-refractivity contribution is -0.165. The molecular formula is C25H30F3NO8. The van der Waals surface area contributed by atoms with Crippen molar-refractivity contribution in [3.63, 3.8) is 0 Å². The first-order valence-corrected chi connectivity index (χ1v) is 11.4. The molecule has 0 aromatic heterocycles. The van der Waals surface area contributed by atoms with Gasteiger partial charge in [-0.2, -0.15) is 13.2 Å². The van der Waals surface area contributed by atoms with E-state index in [4.69, 9.17) is 30.9 Å². The van der Waals surface area contributed by atoms with E-state index in [1.54, 1.807) is 6.07 Å². The fourth-order valence-corrected chi connectivity index (χ4v) is 3.88. The number of alkyl halides is 3. The number of carboxylic acid groups (broad SMARTS) is 2. The Kier molecular flexibility index (Phi) is 10.4. The number of halogens is 3. The molecule has 0 radical (unpaired) electrons. The molecule has 1 aliphatic rings. The van der Waals surface area contributed by atoms with E-state index in [2.05, 4.69) is 0 Å². The Hall–Kier alpha value is -3.19. The molecule has 0 amide bonds. The summed E-state index contributed by atoms with van der Waals surface area (Å²) in [6.45, 7) is 0.306. The number of benzene rings is 2. The van der Waals surface area contributed by atoms with Crippen LogP contribution in [0, 0.1) is 0 Å². The molecule has 2 aromatic carbocycles. The molecule has 1 fully saturated rings. The summed E-state index contributed by atoms with van der Waals surface area (Å²) in [5, 5.41) is 41.9. The highest BCUT2D eigenvalue weighted by molar-refractivity contribution is 5.83. The number of rotatable bonds is 9. The summed E-state index contributed by atoms with van der Waals surface area (Å²) in [5.41, 5.74) is 6.77. The molecule has 37 heavy (non-hydrogen) atoms. The quantitative estimate of drug-likeness (QED) is 0.285. The molecule has 1 aliphatic carbocycles. The van der Waals surface area contributed by atoms with Gasteiger partial charge in [-0.25, -0.2) is 9.59 Å². The SMILES string of the molecule is N[C@]1(CO)CC[C@@H](c2ccc(OCCc3cccc(C(F)(F)F)c3)cc2)C1.O=C(O)[C@H](O)[C@@H](O)C(=O)O. The molecular weight excluding hydrogens is 499 g/mol. The standard InChI is InChI=1S/C21H24F3NO2.C4H6O6/c22-21(23,24)18-3-1-2-15(12-18)9-11-27-19-6-4-16(5-7-19)17-8-10-20(25,13-17)14-26;5-1(3(7)8)2(6)4(9)10/h1-7,12,17,26H,8-11,13-14,25H2;1-2,5-6H,(H,7,8)(H,9,10)/t17-,20-;1-,2-/m11/s1. The number of hydrogen-bond donors (Lipinski definition) is 6. The number of carbonyl (C=O) groups is 2. The van der Waals surface area contributed by atoms with Crippen LogP contribution in [-0.4, -0.2) is 68.4 Å². The van der Waals surface area contributed by atoms with Gasteiger partial charge in [0.2, 0.25) is 0 Å².